The maximum absolute atomic E-state index is 14.6. The SMILES string of the molecule is CCN(CC)S(=O)(=O)c1c(C(c2ccc(OCOC)cc2)c2ccc(OCOC)cc2)c2ccccc2n1CCN(C)C. The van der Waals surface area contributed by atoms with Gasteiger partial charge in [0.15, 0.2) is 18.6 Å². The molecule has 0 radical (unpaired) electrons. The summed E-state index contributed by atoms with van der Waals surface area (Å²) in [7, 11) is 3.27. The van der Waals surface area contributed by atoms with Crippen LogP contribution in [0.3, 0.4) is 0 Å². The molecule has 0 unspecified atom stereocenters. The minimum absolute atomic E-state index is 0.136. The molecule has 0 N–H and O–H groups in total. The van der Waals surface area contributed by atoms with Crippen LogP contribution < -0.4 is 9.47 Å². The molecule has 43 heavy (non-hydrogen) atoms. The highest BCUT2D eigenvalue weighted by Gasteiger charge is 2.36. The minimum atomic E-state index is -3.88. The molecule has 0 aliphatic carbocycles. The Bertz CT molecular complexity index is 1510. The first-order valence-electron chi connectivity index (χ1n) is 14.5. The number of rotatable bonds is 16. The van der Waals surface area contributed by atoms with Crippen LogP contribution in [0.25, 0.3) is 10.9 Å². The van der Waals surface area contributed by atoms with Gasteiger partial charge in [0, 0.05) is 62.8 Å². The second kappa shape index (κ2) is 14.9. The highest BCUT2D eigenvalue weighted by Crippen LogP contribution is 2.43. The summed E-state index contributed by atoms with van der Waals surface area (Å²) in [5, 5.41) is 1.22. The van der Waals surface area contributed by atoms with E-state index in [-0.39, 0.29) is 13.6 Å². The molecule has 0 fully saturated rings. The van der Waals surface area contributed by atoms with Gasteiger partial charge in [-0.25, -0.2) is 8.42 Å². The van der Waals surface area contributed by atoms with Gasteiger partial charge >= 0.3 is 0 Å². The largest absolute Gasteiger partial charge is 0.468 e. The average molecular weight is 610 g/mol. The van der Waals surface area contributed by atoms with Gasteiger partial charge in [-0.2, -0.15) is 4.31 Å². The summed E-state index contributed by atoms with van der Waals surface area (Å²) in [6.07, 6.45) is 0. The summed E-state index contributed by atoms with van der Waals surface area (Å²) in [6.45, 7) is 5.97. The third kappa shape index (κ3) is 7.22. The second-order valence-corrected chi connectivity index (χ2v) is 12.3. The molecule has 0 aliphatic heterocycles. The maximum Gasteiger partial charge on any atom is 0.259 e. The lowest BCUT2D eigenvalue weighted by atomic mass is 9.85. The molecule has 0 bridgehead atoms. The Morgan fingerprint density at radius 1 is 0.767 bits per heavy atom. The number of hydrogen-bond donors (Lipinski definition) is 0. The van der Waals surface area contributed by atoms with Crippen molar-refractivity contribution in [1.29, 1.82) is 0 Å². The zero-order chi connectivity index (χ0) is 31.0. The van der Waals surface area contributed by atoms with E-state index in [1.165, 1.54) is 4.31 Å². The van der Waals surface area contributed by atoms with Crippen LogP contribution in [0.15, 0.2) is 77.8 Å². The van der Waals surface area contributed by atoms with Gasteiger partial charge in [0.25, 0.3) is 10.0 Å². The molecule has 0 saturated heterocycles. The molecular formula is C33H43N3O6S. The van der Waals surface area contributed by atoms with Crippen molar-refractivity contribution in [2.24, 2.45) is 0 Å². The topological polar surface area (TPSA) is 82.5 Å². The lowest BCUT2D eigenvalue weighted by molar-refractivity contribution is 0.0509. The van der Waals surface area contributed by atoms with Crippen LogP contribution in [0, 0.1) is 0 Å². The molecule has 4 aromatic rings. The second-order valence-electron chi connectivity index (χ2n) is 10.5. The van der Waals surface area contributed by atoms with Crippen molar-refractivity contribution in [2.75, 3.05) is 61.5 Å². The molecule has 3 aromatic carbocycles. The summed E-state index contributed by atoms with van der Waals surface area (Å²) in [5.74, 6) is 0.924. The molecule has 10 heteroatoms. The van der Waals surface area contributed by atoms with Crippen LogP contribution >= 0.6 is 0 Å². The normalized spacial score (nSPS) is 12.1. The fourth-order valence-electron chi connectivity index (χ4n) is 5.36. The Labute approximate surface area is 255 Å². The molecule has 0 amide bonds. The van der Waals surface area contributed by atoms with Crippen LogP contribution in [0.4, 0.5) is 0 Å². The molecule has 232 valence electrons. The van der Waals surface area contributed by atoms with Gasteiger partial charge in [0.2, 0.25) is 0 Å². The van der Waals surface area contributed by atoms with Crippen molar-refractivity contribution in [3.8, 4) is 11.5 Å². The molecule has 0 spiro atoms. The number of aromatic nitrogens is 1. The minimum Gasteiger partial charge on any atom is -0.468 e. The Hall–Kier alpha value is -3.41. The van der Waals surface area contributed by atoms with Crippen molar-refractivity contribution >= 4 is 20.9 Å². The van der Waals surface area contributed by atoms with E-state index in [2.05, 4.69) is 4.90 Å². The summed E-state index contributed by atoms with van der Waals surface area (Å²) in [5.41, 5.74) is 3.50. The number of methoxy groups -OCH3 is 2. The Morgan fingerprint density at radius 2 is 1.28 bits per heavy atom. The molecule has 0 aliphatic rings. The average Bonchev–Trinajstić information content (AvgIpc) is 3.34. The first-order valence-corrected chi connectivity index (χ1v) is 15.9. The van der Waals surface area contributed by atoms with Gasteiger partial charge < -0.3 is 28.4 Å². The number of para-hydroxylation sites is 1. The van der Waals surface area contributed by atoms with E-state index >= 15 is 0 Å². The van der Waals surface area contributed by atoms with E-state index in [0.29, 0.717) is 42.7 Å². The smallest absolute Gasteiger partial charge is 0.259 e. The van der Waals surface area contributed by atoms with E-state index in [0.717, 1.165) is 27.6 Å². The van der Waals surface area contributed by atoms with E-state index in [1.807, 2.05) is 105 Å². The first-order chi connectivity index (χ1) is 20.8. The third-order valence-corrected chi connectivity index (χ3v) is 9.55. The number of ether oxygens (including phenoxy) is 4. The lowest BCUT2D eigenvalue weighted by Gasteiger charge is -2.25. The molecular weight excluding hydrogens is 566 g/mol. The number of sulfonamides is 1. The van der Waals surface area contributed by atoms with Gasteiger partial charge in [0.1, 0.15) is 11.5 Å². The van der Waals surface area contributed by atoms with Gasteiger partial charge in [-0.15, -0.1) is 0 Å². The zero-order valence-corrected chi connectivity index (χ0v) is 26.8. The fourth-order valence-corrected chi connectivity index (χ4v) is 7.26. The predicted molar refractivity (Wildman–Crippen MR) is 169 cm³/mol. The number of fused-ring (bicyclic) bond motifs is 1. The van der Waals surface area contributed by atoms with Gasteiger partial charge in [-0.3, -0.25) is 0 Å². The molecule has 1 heterocycles. The van der Waals surface area contributed by atoms with Crippen LogP contribution in [0.5, 0.6) is 11.5 Å². The fraction of sp³-hybridized carbons (Fsp3) is 0.394. The summed E-state index contributed by atoms with van der Waals surface area (Å²) >= 11 is 0. The highest BCUT2D eigenvalue weighted by atomic mass is 32.2. The van der Waals surface area contributed by atoms with E-state index in [4.69, 9.17) is 18.9 Å². The van der Waals surface area contributed by atoms with Crippen molar-refractivity contribution in [2.45, 2.75) is 31.3 Å². The quantitative estimate of drug-likeness (QED) is 0.158. The summed E-state index contributed by atoms with van der Waals surface area (Å²) < 4.78 is 54.2. The van der Waals surface area contributed by atoms with E-state index < -0.39 is 15.9 Å². The number of likely N-dealkylation sites (N-methyl/N-ethyl adjacent to an activating group) is 1. The summed E-state index contributed by atoms with van der Waals surface area (Å²) in [4.78, 5) is 2.07. The van der Waals surface area contributed by atoms with E-state index in [9.17, 15) is 8.42 Å². The maximum atomic E-state index is 14.6. The van der Waals surface area contributed by atoms with Crippen LogP contribution in [0.2, 0.25) is 0 Å². The number of hydrogen-bond acceptors (Lipinski definition) is 7. The van der Waals surface area contributed by atoms with E-state index in [1.54, 1.807) is 14.2 Å². The zero-order valence-electron chi connectivity index (χ0n) is 25.9. The monoisotopic (exact) mass is 609 g/mol. The van der Waals surface area contributed by atoms with Crippen LogP contribution in [-0.4, -0.2) is 83.7 Å². The van der Waals surface area contributed by atoms with Crippen molar-refractivity contribution in [3.05, 3.63) is 89.5 Å². The molecule has 0 saturated carbocycles. The Kier molecular flexibility index (Phi) is 11.2. The number of nitrogens with zero attached hydrogens (tertiary/aromatic N) is 3. The van der Waals surface area contributed by atoms with Gasteiger partial charge in [-0.05, 0) is 55.6 Å². The standard InChI is InChI=1S/C33H43N3O6S/c1-7-35(8-2)43(37,38)33-32(29-11-9-10-12-30(29)36(33)22-21-34(3)4)31(25-13-17-27(18-14-25)41-23-39-5)26-15-19-28(20-16-26)42-24-40-6/h9-20,31H,7-8,21-24H2,1-6H3. The lowest BCUT2D eigenvalue weighted by Crippen LogP contribution is -2.33. The summed E-state index contributed by atoms with van der Waals surface area (Å²) in [6, 6.07) is 23.5. The Balaban J connectivity index is 2.04. The van der Waals surface area contributed by atoms with Crippen molar-refractivity contribution < 1.29 is 27.4 Å². The van der Waals surface area contributed by atoms with Crippen molar-refractivity contribution in [1.82, 2.24) is 13.8 Å². The predicted octanol–water partition coefficient (Wildman–Crippen LogP) is 5.38. The molecule has 1 aromatic heterocycles. The molecule has 4 rings (SSSR count). The van der Waals surface area contributed by atoms with Crippen LogP contribution in [-0.2, 0) is 26.0 Å². The molecule has 9 nitrogen and oxygen atoms in total. The first kappa shape index (κ1) is 32.5. The Morgan fingerprint density at radius 3 is 1.74 bits per heavy atom. The van der Waals surface area contributed by atoms with Gasteiger partial charge in [-0.1, -0.05) is 56.3 Å². The van der Waals surface area contributed by atoms with Crippen molar-refractivity contribution in [3.63, 3.8) is 0 Å². The number of benzene rings is 3. The highest BCUT2D eigenvalue weighted by molar-refractivity contribution is 7.89. The molecule has 0 atom stereocenters. The third-order valence-electron chi connectivity index (χ3n) is 7.42. The van der Waals surface area contributed by atoms with Gasteiger partial charge in [0.05, 0.1) is 0 Å². The van der Waals surface area contributed by atoms with Crippen LogP contribution in [0.1, 0.15) is 36.5 Å².